The Kier molecular flexibility index (Phi) is 6.32. The van der Waals surface area contributed by atoms with Gasteiger partial charge in [0.25, 0.3) is 0 Å². The number of sulfonamides is 1. The van der Waals surface area contributed by atoms with Crippen LogP contribution in [0.2, 0.25) is 0 Å². The van der Waals surface area contributed by atoms with Gasteiger partial charge in [0.15, 0.2) is 0 Å². The van der Waals surface area contributed by atoms with Crippen molar-refractivity contribution >= 4 is 54.7 Å². The van der Waals surface area contributed by atoms with E-state index in [4.69, 9.17) is 11.0 Å². The number of anilines is 1. The van der Waals surface area contributed by atoms with E-state index in [0.29, 0.717) is 21.3 Å². The van der Waals surface area contributed by atoms with Crippen LogP contribution in [0.15, 0.2) is 81.3 Å². The van der Waals surface area contributed by atoms with Crippen molar-refractivity contribution in [2.45, 2.75) is 11.3 Å². The highest BCUT2D eigenvalue weighted by Gasteiger charge is 2.16. The predicted octanol–water partition coefficient (Wildman–Crippen LogP) is 3.72. The summed E-state index contributed by atoms with van der Waals surface area (Å²) < 4.78 is 24.4. The van der Waals surface area contributed by atoms with Gasteiger partial charge in [-0.25, -0.2) is 13.6 Å². The number of hydrogen-bond donors (Lipinski definition) is 4. The molecule has 1 amide bonds. The Morgan fingerprint density at radius 3 is 2.64 bits per heavy atom. The molecule has 0 aliphatic heterocycles. The number of nitrogens with one attached hydrogen (secondary N) is 2. The van der Waals surface area contributed by atoms with Crippen LogP contribution in [0.4, 0.5) is 5.69 Å². The Bertz CT molecular complexity index is 1500. The van der Waals surface area contributed by atoms with Gasteiger partial charge in [-0.1, -0.05) is 30.3 Å². The number of benzene rings is 3. The molecule has 1 aromatic heterocycles. The lowest BCUT2D eigenvalue weighted by Gasteiger charge is -2.12. The average molecular weight is 526 g/mol. The van der Waals surface area contributed by atoms with Gasteiger partial charge in [0.2, 0.25) is 15.9 Å². The highest BCUT2D eigenvalue weighted by molar-refractivity contribution is 9.10. The zero-order chi connectivity index (χ0) is 23.6. The van der Waals surface area contributed by atoms with Crippen molar-refractivity contribution in [3.63, 3.8) is 0 Å². The monoisotopic (exact) mass is 525 g/mol. The van der Waals surface area contributed by atoms with E-state index in [9.17, 15) is 13.2 Å². The number of carbonyl (C=O) groups excluding carboxylic acids is 1. The van der Waals surface area contributed by atoms with Crippen molar-refractivity contribution in [2.75, 3.05) is 5.32 Å². The van der Waals surface area contributed by atoms with Crippen LogP contribution >= 0.6 is 15.9 Å². The smallest absolute Gasteiger partial charge is 0.238 e. The second kappa shape index (κ2) is 9.18. The van der Waals surface area contributed by atoms with E-state index in [1.54, 1.807) is 48.8 Å². The predicted molar refractivity (Wildman–Crippen MR) is 133 cm³/mol. The van der Waals surface area contributed by atoms with Crippen molar-refractivity contribution in [1.82, 2.24) is 4.98 Å². The van der Waals surface area contributed by atoms with Gasteiger partial charge in [-0.3, -0.25) is 4.79 Å². The fourth-order valence-electron chi connectivity index (χ4n) is 3.61. The van der Waals surface area contributed by atoms with Gasteiger partial charge in [-0.05, 0) is 63.0 Å². The van der Waals surface area contributed by atoms with Crippen LogP contribution in [-0.4, -0.2) is 25.5 Å². The molecule has 6 N–H and O–H groups in total. The second-order valence-corrected chi connectivity index (χ2v) is 9.74. The zero-order valence-corrected chi connectivity index (χ0v) is 19.7. The Hall–Kier alpha value is -3.47. The molecule has 8 nitrogen and oxygen atoms in total. The summed E-state index contributed by atoms with van der Waals surface area (Å²) in [4.78, 5) is 15.9. The SMILES string of the molecule is NN=Cc1ccc2[nH]cc(CC(=O)Nc3ccc(-c4ccccc4S(N)(=O)=O)cc3Br)c2c1. The van der Waals surface area contributed by atoms with Gasteiger partial charge in [-0.15, -0.1) is 0 Å². The normalized spacial score (nSPS) is 11.8. The number of hydrazone groups is 1. The number of hydrogen-bond acceptors (Lipinski definition) is 5. The molecule has 0 bridgehead atoms. The number of halogens is 1. The summed E-state index contributed by atoms with van der Waals surface area (Å²) in [5, 5.41) is 12.7. The summed E-state index contributed by atoms with van der Waals surface area (Å²) in [5.41, 5.74) is 4.28. The molecule has 0 fully saturated rings. The number of aromatic nitrogens is 1. The minimum absolute atomic E-state index is 0.0343. The number of fused-ring (bicyclic) bond motifs is 1. The van der Waals surface area contributed by atoms with Gasteiger partial charge in [-0.2, -0.15) is 5.10 Å². The van der Waals surface area contributed by atoms with Crippen LogP contribution < -0.4 is 16.3 Å². The first-order chi connectivity index (χ1) is 15.8. The molecule has 168 valence electrons. The maximum Gasteiger partial charge on any atom is 0.238 e. The van der Waals surface area contributed by atoms with E-state index in [1.807, 2.05) is 18.2 Å². The summed E-state index contributed by atoms with van der Waals surface area (Å²) in [6.45, 7) is 0. The van der Waals surface area contributed by atoms with Crippen molar-refractivity contribution < 1.29 is 13.2 Å². The molecule has 0 spiro atoms. The van der Waals surface area contributed by atoms with Crippen LogP contribution in [0.5, 0.6) is 0 Å². The average Bonchev–Trinajstić information content (AvgIpc) is 3.17. The zero-order valence-electron chi connectivity index (χ0n) is 17.2. The molecule has 10 heteroatoms. The van der Waals surface area contributed by atoms with Crippen LogP contribution in [0, 0.1) is 0 Å². The number of aromatic amines is 1. The number of nitrogens with two attached hydrogens (primary N) is 2. The lowest BCUT2D eigenvalue weighted by atomic mass is 10.1. The van der Waals surface area contributed by atoms with E-state index in [-0.39, 0.29) is 17.2 Å². The molecule has 0 saturated heterocycles. The van der Waals surface area contributed by atoms with E-state index < -0.39 is 10.0 Å². The van der Waals surface area contributed by atoms with E-state index in [2.05, 4.69) is 31.3 Å². The fraction of sp³-hybridized carbons (Fsp3) is 0.0435. The van der Waals surface area contributed by atoms with Crippen LogP contribution in [0.25, 0.3) is 22.0 Å². The third-order valence-electron chi connectivity index (χ3n) is 5.11. The Morgan fingerprint density at radius 1 is 1.12 bits per heavy atom. The van der Waals surface area contributed by atoms with Crippen molar-refractivity contribution in [2.24, 2.45) is 16.1 Å². The first-order valence-electron chi connectivity index (χ1n) is 9.81. The molecule has 0 unspecified atom stereocenters. The summed E-state index contributed by atoms with van der Waals surface area (Å²) in [5.74, 6) is 5.03. The standard InChI is InChI=1S/C23H20BrN5O3S/c24-19-10-15(17-3-1-2-4-22(17)33(26,31)32)6-8-21(19)29-23(30)11-16-13-27-20-7-5-14(12-28-25)9-18(16)20/h1-10,12-13,27H,11,25H2,(H,29,30)(H2,26,31,32). The minimum atomic E-state index is -3.88. The third-order valence-corrected chi connectivity index (χ3v) is 6.74. The fourth-order valence-corrected chi connectivity index (χ4v) is 4.85. The lowest BCUT2D eigenvalue weighted by Crippen LogP contribution is -2.15. The molecule has 3 aromatic carbocycles. The van der Waals surface area contributed by atoms with Gasteiger partial charge >= 0.3 is 0 Å². The summed E-state index contributed by atoms with van der Waals surface area (Å²) >= 11 is 3.46. The minimum Gasteiger partial charge on any atom is -0.361 e. The number of nitrogens with zero attached hydrogens (tertiary/aromatic N) is 1. The highest BCUT2D eigenvalue weighted by atomic mass is 79.9. The number of rotatable bonds is 6. The molecule has 4 aromatic rings. The van der Waals surface area contributed by atoms with Crippen molar-refractivity contribution in [1.29, 1.82) is 0 Å². The van der Waals surface area contributed by atoms with Crippen LogP contribution in [0.3, 0.4) is 0 Å². The van der Waals surface area contributed by atoms with Gasteiger partial charge in [0.1, 0.15) is 0 Å². The molecule has 0 radical (unpaired) electrons. The van der Waals surface area contributed by atoms with Crippen LogP contribution in [-0.2, 0) is 21.2 Å². The molecule has 0 aliphatic rings. The molecule has 0 saturated carbocycles. The maximum absolute atomic E-state index is 12.7. The summed E-state index contributed by atoms with van der Waals surface area (Å²) in [6.07, 6.45) is 3.50. The van der Waals surface area contributed by atoms with Gasteiger partial charge < -0.3 is 16.1 Å². The van der Waals surface area contributed by atoms with Gasteiger partial charge in [0.05, 0.1) is 23.2 Å². The number of carbonyl (C=O) groups is 1. The quantitative estimate of drug-likeness (QED) is 0.173. The van der Waals surface area contributed by atoms with E-state index >= 15 is 0 Å². The topological polar surface area (TPSA) is 143 Å². The van der Waals surface area contributed by atoms with Crippen molar-refractivity contribution in [3.8, 4) is 11.1 Å². The molecule has 1 heterocycles. The Labute approximate surface area is 198 Å². The van der Waals surface area contributed by atoms with E-state index in [1.165, 1.54) is 6.07 Å². The van der Waals surface area contributed by atoms with E-state index in [0.717, 1.165) is 22.0 Å². The molecular formula is C23H20BrN5O3S. The van der Waals surface area contributed by atoms with Gasteiger partial charge in [0, 0.05) is 27.1 Å². The maximum atomic E-state index is 12.7. The van der Waals surface area contributed by atoms with Crippen molar-refractivity contribution in [3.05, 3.63) is 82.5 Å². The molecule has 0 atom stereocenters. The first kappa shape index (κ1) is 22.7. The number of H-pyrrole nitrogens is 1. The lowest BCUT2D eigenvalue weighted by molar-refractivity contribution is -0.115. The third kappa shape index (κ3) is 4.98. The summed E-state index contributed by atoms with van der Waals surface area (Å²) in [7, 11) is -3.88. The molecule has 0 aliphatic carbocycles. The highest BCUT2D eigenvalue weighted by Crippen LogP contribution is 2.32. The summed E-state index contributed by atoms with van der Waals surface area (Å²) in [6, 6.07) is 17.4. The molecule has 33 heavy (non-hydrogen) atoms. The molecular weight excluding hydrogens is 506 g/mol. The molecule has 4 rings (SSSR count). The Morgan fingerprint density at radius 2 is 1.91 bits per heavy atom. The number of amides is 1. The Balaban J connectivity index is 1.56. The largest absolute Gasteiger partial charge is 0.361 e. The number of primary sulfonamides is 1. The van der Waals surface area contributed by atoms with Crippen LogP contribution in [0.1, 0.15) is 11.1 Å². The second-order valence-electron chi connectivity index (χ2n) is 7.36. The first-order valence-corrected chi connectivity index (χ1v) is 12.1.